The van der Waals surface area contributed by atoms with Crippen LogP contribution in [0.2, 0.25) is 5.02 Å². The van der Waals surface area contributed by atoms with Crippen LogP contribution in [-0.2, 0) is 6.54 Å². The molecule has 0 saturated heterocycles. The number of nitrogens with zero attached hydrogens (tertiary/aromatic N) is 1. The third-order valence-corrected chi connectivity index (χ3v) is 4.69. The molecule has 0 heterocycles. The second-order valence-electron chi connectivity index (χ2n) is 4.57. The highest BCUT2D eigenvalue weighted by atomic mass is 127. The van der Waals surface area contributed by atoms with E-state index in [4.69, 9.17) is 11.6 Å². The predicted octanol–water partition coefficient (Wildman–Crippen LogP) is 5.37. The van der Waals surface area contributed by atoms with Crippen LogP contribution in [0.25, 0.3) is 0 Å². The van der Waals surface area contributed by atoms with Crippen LogP contribution in [0, 0.1) is 3.57 Å². The molecule has 0 atom stereocenters. The van der Waals surface area contributed by atoms with Crippen LogP contribution in [-0.4, -0.2) is 17.4 Å². The van der Waals surface area contributed by atoms with Crippen LogP contribution in [0.15, 0.2) is 46.9 Å². The molecule has 2 nitrogen and oxygen atoms in total. The lowest BCUT2D eigenvalue weighted by Gasteiger charge is -2.22. The van der Waals surface area contributed by atoms with Crippen molar-refractivity contribution in [2.45, 2.75) is 13.5 Å². The summed E-state index contributed by atoms with van der Waals surface area (Å²) in [4.78, 5) is 14.5. The average molecular weight is 479 g/mol. The van der Waals surface area contributed by atoms with Crippen LogP contribution in [0.4, 0.5) is 0 Å². The molecule has 0 fully saturated rings. The third-order valence-electron chi connectivity index (χ3n) is 3.09. The Morgan fingerprint density at radius 1 is 1.29 bits per heavy atom. The molecule has 0 spiro atoms. The van der Waals surface area contributed by atoms with Gasteiger partial charge in [0.15, 0.2) is 0 Å². The summed E-state index contributed by atoms with van der Waals surface area (Å²) in [6.07, 6.45) is 0. The SMILES string of the molecule is CCN(Cc1cccc(Cl)c1)C(=O)c1cc(I)ccc1Br. The van der Waals surface area contributed by atoms with Crippen molar-refractivity contribution >= 4 is 56.0 Å². The Morgan fingerprint density at radius 3 is 2.71 bits per heavy atom. The first-order valence-corrected chi connectivity index (χ1v) is 8.75. The van der Waals surface area contributed by atoms with E-state index in [1.54, 1.807) is 0 Å². The molecule has 2 rings (SSSR count). The number of carbonyl (C=O) groups is 1. The molecule has 0 bridgehead atoms. The fourth-order valence-electron chi connectivity index (χ4n) is 2.01. The molecular weight excluding hydrogens is 464 g/mol. The van der Waals surface area contributed by atoms with Crippen molar-refractivity contribution in [3.05, 3.63) is 66.7 Å². The lowest BCUT2D eigenvalue weighted by Crippen LogP contribution is -2.30. The molecule has 0 aliphatic carbocycles. The summed E-state index contributed by atoms with van der Waals surface area (Å²) in [5, 5.41) is 0.687. The van der Waals surface area contributed by atoms with Crippen LogP contribution >= 0.6 is 50.1 Å². The van der Waals surface area contributed by atoms with Crippen molar-refractivity contribution in [2.75, 3.05) is 6.54 Å². The quantitative estimate of drug-likeness (QED) is 0.541. The Bertz CT molecular complexity index is 662. The topological polar surface area (TPSA) is 20.3 Å². The zero-order chi connectivity index (χ0) is 15.4. The van der Waals surface area contributed by atoms with Gasteiger partial charge in [0.2, 0.25) is 0 Å². The zero-order valence-electron chi connectivity index (χ0n) is 11.4. The molecule has 21 heavy (non-hydrogen) atoms. The lowest BCUT2D eigenvalue weighted by molar-refractivity contribution is 0.0751. The van der Waals surface area contributed by atoms with E-state index in [9.17, 15) is 4.79 Å². The van der Waals surface area contributed by atoms with Crippen LogP contribution in [0.3, 0.4) is 0 Å². The van der Waals surface area contributed by atoms with Gasteiger partial charge in [-0.2, -0.15) is 0 Å². The summed E-state index contributed by atoms with van der Waals surface area (Å²) < 4.78 is 1.86. The Balaban J connectivity index is 2.24. The van der Waals surface area contributed by atoms with Gasteiger partial charge in [-0.3, -0.25) is 4.79 Å². The predicted molar refractivity (Wildman–Crippen MR) is 98.7 cm³/mol. The Morgan fingerprint density at radius 2 is 2.05 bits per heavy atom. The smallest absolute Gasteiger partial charge is 0.255 e. The molecule has 1 amide bonds. The number of halogens is 3. The van der Waals surface area contributed by atoms with Crippen molar-refractivity contribution in [3.63, 3.8) is 0 Å². The highest BCUT2D eigenvalue weighted by Crippen LogP contribution is 2.22. The van der Waals surface area contributed by atoms with Crippen molar-refractivity contribution in [2.24, 2.45) is 0 Å². The first kappa shape index (κ1) is 16.8. The number of hydrogen-bond acceptors (Lipinski definition) is 1. The Kier molecular flexibility index (Phi) is 6.08. The number of benzene rings is 2. The number of carbonyl (C=O) groups excluding carboxylic acids is 1. The maximum absolute atomic E-state index is 12.7. The largest absolute Gasteiger partial charge is 0.335 e. The summed E-state index contributed by atoms with van der Waals surface area (Å²) in [5.41, 5.74) is 1.71. The molecule has 0 aromatic heterocycles. The van der Waals surface area contributed by atoms with Gasteiger partial charge in [0.05, 0.1) is 5.56 Å². The molecular formula is C16H14BrClINO. The minimum absolute atomic E-state index is 0.0165. The number of amides is 1. The van der Waals surface area contributed by atoms with Gasteiger partial charge in [0, 0.05) is 26.2 Å². The second kappa shape index (κ2) is 7.61. The van der Waals surface area contributed by atoms with E-state index < -0.39 is 0 Å². The van der Waals surface area contributed by atoms with E-state index in [1.807, 2.05) is 54.3 Å². The van der Waals surface area contributed by atoms with Gasteiger partial charge in [-0.25, -0.2) is 0 Å². The molecule has 2 aromatic carbocycles. The van der Waals surface area contributed by atoms with Crippen molar-refractivity contribution in [3.8, 4) is 0 Å². The summed E-state index contributed by atoms with van der Waals surface area (Å²) in [6, 6.07) is 13.4. The maximum Gasteiger partial charge on any atom is 0.255 e. The van der Waals surface area contributed by atoms with E-state index in [2.05, 4.69) is 38.5 Å². The van der Waals surface area contributed by atoms with E-state index in [0.29, 0.717) is 23.7 Å². The molecule has 0 aliphatic rings. The van der Waals surface area contributed by atoms with Gasteiger partial charge in [0.25, 0.3) is 5.91 Å². The van der Waals surface area contributed by atoms with Crippen LogP contribution in [0.1, 0.15) is 22.8 Å². The fourth-order valence-corrected chi connectivity index (χ4v) is 3.13. The van der Waals surface area contributed by atoms with Gasteiger partial charge in [-0.05, 0) is 81.3 Å². The minimum atomic E-state index is 0.0165. The van der Waals surface area contributed by atoms with Gasteiger partial charge in [-0.15, -0.1) is 0 Å². The molecule has 0 N–H and O–H groups in total. The van der Waals surface area contributed by atoms with Crippen molar-refractivity contribution < 1.29 is 4.79 Å². The monoisotopic (exact) mass is 477 g/mol. The van der Waals surface area contributed by atoms with Crippen LogP contribution in [0.5, 0.6) is 0 Å². The molecule has 110 valence electrons. The van der Waals surface area contributed by atoms with Crippen molar-refractivity contribution in [1.29, 1.82) is 0 Å². The summed E-state index contributed by atoms with van der Waals surface area (Å²) in [6.45, 7) is 3.17. The molecule has 0 aliphatic heterocycles. The molecule has 0 unspecified atom stereocenters. The second-order valence-corrected chi connectivity index (χ2v) is 7.11. The Labute approximate surface area is 151 Å². The number of rotatable bonds is 4. The summed E-state index contributed by atoms with van der Waals surface area (Å²) in [7, 11) is 0. The van der Waals surface area contributed by atoms with E-state index >= 15 is 0 Å². The van der Waals surface area contributed by atoms with E-state index in [1.165, 1.54) is 0 Å². The zero-order valence-corrected chi connectivity index (χ0v) is 15.9. The molecule has 0 saturated carbocycles. The van der Waals surface area contributed by atoms with Crippen molar-refractivity contribution in [1.82, 2.24) is 4.90 Å². The summed E-state index contributed by atoms with van der Waals surface area (Å²) >= 11 is 11.7. The molecule has 5 heteroatoms. The first-order chi connectivity index (χ1) is 10.0. The van der Waals surface area contributed by atoms with Gasteiger partial charge >= 0.3 is 0 Å². The molecule has 2 aromatic rings. The highest BCUT2D eigenvalue weighted by Gasteiger charge is 2.17. The van der Waals surface area contributed by atoms with E-state index in [0.717, 1.165) is 13.6 Å². The third kappa shape index (κ3) is 4.44. The van der Waals surface area contributed by atoms with Gasteiger partial charge in [-0.1, -0.05) is 23.7 Å². The highest BCUT2D eigenvalue weighted by molar-refractivity contribution is 14.1. The van der Waals surface area contributed by atoms with Gasteiger partial charge < -0.3 is 4.90 Å². The standard InChI is InChI=1S/C16H14BrClINO/c1-2-20(10-11-4-3-5-12(18)8-11)16(21)14-9-13(19)6-7-15(14)17/h3-9H,2,10H2,1H3. The lowest BCUT2D eigenvalue weighted by atomic mass is 10.1. The van der Waals surface area contributed by atoms with Crippen LogP contribution < -0.4 is 0 Å². The summed E-state index contributed by atoms with van der Waals surface area (Å²) in [5.74, 6) is 0.0165. The normalized spacial score (nSPS) is 10.5. The average Bonchev–Trinajstić information content (AvgIpc) is 2.46. The number of hydrogen-bond donors (Lipinski definition) is 0. The fraction of sp³-hybridized carbons (Fsp3) is 0.188. The maximum atomic E-state index is 12.7. The Hall–Kier alpha value is -0.590. The van der Waals surface area contributed by atoms with E-state index in [-0.39, 0.29) is 5.91 Å². The van der Waals surface area contributed by atoms with Gasteiger partial charge in [0.1, 0.15) is 0 Å². The minimum Gasteiger partial charge on any atom is -0.335 e. The molecule has 0 radical (unpaired) electrons. The first-order valence-electron chi connectivity index (χ1n) is 6.50.